The highest BCUT2D eigenvalue weighted by Crippen LogP contribution is 2.37. The molecule has 33 heavy (non-hydrogen) atoms. The zero-order valence-corrected chi connectivity index (χ0v) is 18.2. The van der Waals surface area contributed by atoms with Crippen LogP contribution in [-0.2, 0) is 6.54 Å². The van der Waals surface area contributed by atoms with Crippen molar-refractivity contribution >= 4 is 11.6 Å². The number of aromatic nitrogens is 6. The molecule has 0 saturated heterocycles. The van der Waals surface area contributed by atoms with Crippen LogP contribution in [0.5, 0.6) is 0 Å². The minimum atomic E-state index is -0.909. The maximum absolute atomic E-state index is 14.7. The van der Waals surface area contributed by atoms with Crippen LogP contribution in [0.15, 0.2) is 48.8 Å². The Balaban J connectivity index is 1.45. The molecule has 0 aliphatic carbocycles. The second kappa shape index (κ2) is 8.04. The van der Waals surface area contributed by atoms with Crippen molar-refractivity contribution in [1.29, 1.82) is 0 Å². The zero-order valence-electron chi connectivity index (χ0n) is 18.2. The van der Waals surface area contributed by atoms with Crippen LogP contribution in [0.3, 0.4) is 0 Å². The van der Waals surface area contributed by atoms with E-state index in [4.69, 9.17) is 0 Å². The third kappa shape index (κ3) is 4.21. The molecule has 0 radical (unpaired) electrons. The van der Waals surface area contributed by atoms with Gasteiger partial charge < -0.3 is 10.4 Å². The van der Waals surface area contributed by atoms with E-state index >= 15 is 0 Å². The Hall–Kier alpha value is -3.66. The predicted molar refractivity (Wildman–Crippen MR) is 117 cm³/mol. The Morgan fingerprint density at radius 1 is 1.15 bits per heavy atom. The third-order valence-electron chi connectivity index (χ3n) is 5.94. The number of hydrogen-bond acceptors (Lipinski definition) is 6. The molecule has 1 aliphatic rings. The number of halogens is 2. The molecule has 2 aromatic heterocycles. The fourth-order valence-corrected chi connectivity index (χ4v) is 4.19. The highest BCUT2D eigenvalue weighted by atomic mass is 19.1. The first-order chi connectivity index (χ1) is 15.8. The van der Waals surface area contributed by atoms with E-state index in [0.717, 1.165) is 5.56 Å². The molecular weight excluding hydrogens is 428 g/mol. The number of nitrogens with zero attached hydrogens (tertiary/aromatic N) is 6. The van der Waals surface area contributed by atoms with Crippen LogP contribution >= 0.6 is 0 Å². The first-order valence-electron chi connectivity index (χ1n) is 10.7. The third-order valence-corrected chi connectivity index (χ3v) is 5.94. The molecule has 0 amide bonds. The van der Waals surface area contributed by atoms with E-state index in [1.165, 1.54) is 29.2 Å². The summed E-state index contributed by atoms with van der Waals surface area (Å²) in [5, 5.41) is 22.4. The number of anilines is 2. The van der Waals surface area contributed by atoms with Crippen LogP contribution in [0.25, 0.3) is 5.69 Å². The summed E-state index contributed by atoms with van der Waals surface area (Å²) in [6.07, 6.45) is 2.30. The van der Waals surface area contributed by atoms with Gasteiger partial charge in [-0.05, 0) is 62.6 Å². The van der Waals surface area contributed by atoms with Crippen molar-refractivity contribution in [1.82, 2.24) is 29.5 Å². The van der Waals surface area contributed by atoms with E-state index in [1.807, 2.05) is 0 Å². The molecule has 10 heteroatoms. The van der Waals surface area contributed by atoms with E-state index in [2.05, 4.69) is 25.5 Å². The minimum absolute atomic E-state index is 0.263. The van der Waals surface area contributed by atoms with Gasteiger partial charge in [-0.1, -0.05) is 12.1 Å². The Labute approximate surface area is 188 Å². The van der Waals surface area contributed by atoms with E-state index in [1.54, 1.807) is 42.8 Å². The average Bonchev–Trinajstić information content (AvgIpc) is 3.34. The molecule has 0 bridgehead atoms. The van der Waals surface area contributed by atoms with E-state index < -0.39 is 11.4 Å². The van der Waals surface area contributed by atoms with Gasteiger partial charge in [-0.15, -0.1) is 5.10 Å². The summed E-state index contributed by atoms with van der Waals surface area (Å²) in [7, 11) is 0. The average molecular weight is 451 g/mol. The molecule has 1 aliphatic heterocycles. The number of nitrogens with one attached hydrogen (secondary N) is 1. The lowest BCUT2D eigenvalue weighted by atomic mass is 9.86. The van der Waals surface area contributed by atoms with Gasteiger partial charge in [0.1, 0.15) is 29.5 Å². The molecule has 4 aromatic rings. The maximum Gasteiger partial charge on any atom is 0.246 e. The minimum Gasteiger partial charge on any atom is -0.390 e. The van der Waals surface area contributed by atoms with Gasteiger partial charge in [0.15, 0.2) is 5.82 Å². The molecule has 0 spiro atoms. The van der Waals surface area contributed by atoms with Crippen LogP contribution in [0.1, 0.15) is 42.9 Å². The smallest absolute Gasteiger partial charge is 0.246 e. The van der Waals surface area contributed by atoms with Crippen molar-refractivity contribution < 1.29 is 13.9 Å². The second-order valence-electron chi connectivity index (χ2n) is 8.58. The molecule has 2 N–H and O–H groups in total. The van der Waals surface area contributed by atoms with Gasteiger partial charge in [-0.2, -0.15) is 10.1 Å². The topological polar surface area (TPSA) is 93.7 Å². The monoisotopic (exact) mass is 451 g/mol. The molecule has 170 valence electrons. The first kappa shape index (κ1) is 21.2. The number of aliphatic hydroxyl groups is 1. The van der Waals surface area contributed by atoms with E-state index in [-0.39, 0.29) is 11.7 Å². The number of hydrogen-bond donors (Lipinski definition) is 2. The summed E-state index contributed by atoms with van der Waals surface area (Å²) in [5.41, 5.74) is 0.716. The quantitative estimate of drug-likeness (QED) is 0.489. The van der Waals surface area contributed by atoms with Gasteiger partial charge in [0.05, 0.1) is 5.60 Å². The van der Waals surface area contributed by atoms with Gasteiger partial charge in [0.25, 0.3) is 0 Å². The van der Waals surface area contributed by atoms with Crippen molar-refractivity contribution in [3.05, 3.63) is 77.6 Å². The fourth-order valence-electron chi connectivity index (χ4n) is 4.19. The lowest BCUT2D eigenvalue weighted by Gasteiger charge is -2.24. The van der Waals surface area contributed by atoms with Crippen LogP contribution in [-0.4, -0.2) is 40.2 Å². The summed E-state index contributed by atoms with van der Waals surface area (Å²) in [6, 6.07) is 10.9. The lowest BCUT2D eigenvalue weighted by Crippen LogP contribution is -2.26. The molecule has 0 unspecified atom stereocenters. The molecule has 2 aromatic carbocycles. The summed E-state index contributed by atoms with van der Waals surface area (Å²) >= 11 is 0. The van der Waals surface area contributed by atoms with Gasteiger partial charge in [-0.25, -0.2) is 23.1 Å². The molecule has 0 saturated carbocycles. The highest BCUT2D eigenvalue weighted by molar-refractivity contribution is 5.56. The number of rotatable bonds is 4. The van der Waals surface area contributed by atoms with Crippen LogP contribution in [0.2, 0.25) is 0 Å². The SMILES string of the molecule is Cc1ncnn1-c1ccc(Nc2nc3n(n2)CC[C@@](C)(O)C[C@H]3c2ccc(F)cc2)cc1F. The number of fused-ring (bicyclic) bond motifs is 1. The van der Waals surface area contributed by atoms with Crippen LogP contribution in [0.4, 0.5) is 20.4 Å². The summed E-state index contributed by atoms with van der Waals surface area (Å²) in [6.45, 7) is 4.01. The second-order valence-corrected chi connectivity index (χ2v) is 8.58. The van der Waals surface area contributed by atoms with Gasteiger partial charge >= 0.3 is 0 Å². The van der Waals surface area contributed by atoms with Crippen molar-refractivity contribution in [2.75, 3.05) is 5.32 Å². The van der Waals surface area contributed by atoms with Crippen molar-refractivity contribution in [3.8, 4) is 5.69 Å². The van der Waals surface area contributed by atoms with E-state index in [0.29, 0.717) is 48.4 Å². The Morgan fingerprint density at radius 2 is 1.94 bits per heavy atom. The molecule has 8 nitrogen and oxygen atoms in total. The Kier molecular flexibility index (Phi) is 5.16. The van der Waals surface area contributed by atoms with Gasteiger partial charge in [0, 0.05) is 18.2 Å². The van der Waals surface area contributed by atoms with Gasteiger partial charge in [0.2, 0.25) is 5.95 Å². The normalized spacial score (nSPS) is 20.3. The largest absolute Gasteiger partial charge is 0.390 e. The standard InChI is InChI=1S/C23H23F2N7O/c1-14-26-13-27-32(14)20-8-7-17(11-19(20)25)28-22-29-21-18(15-3-5-16(24)6-4-15)12-23(2,33)9-10-31(21)30-22/h3-8,11,13,18,33H,9-10,12H2,1-2H3,(H,28,30)/t18-,23+/m0/s1. The summed E-state index contributed by atoms with van der Waals surface area (Å²) in [4.78, 5) is 8.68. The fraction of sp³-hybridized carbons (Fsp3) is 0.304. The lowest BCUT2D eigenvalue weighted by molar-refractivity contribution is 0.0384. The van der Waals surface area contributed by atoms with Crippen molar-refractivity contribution in [2.24, 2.45) is 0 Å². The van der Waals surface area contributed by atoms with E-state index in [9.17, 15) is 13.9 Å². The molecule has 2 atom stereocenters. The molecule has 0 fully saturated rings. The maximum atomic E-state index is 14.7. The van der Waals surface area contributed by atoms with Crippen molar-refractivity contribution in [3.63, 3.8) is 0 Å². The molecule has 5 rings (SSSR count). The highest BCUT2D eigenvalue weighted by Gasteiger charge is 2.34. The molecular formula is C23H23F2N7O. The summed E-state index contributed by atoms with van der Waals surface area (Å²) in [5.74, 6) is 0.515. The van der Waals surface area contributed by atoms with Crippen molar-refractivity contribution in [2.45, 2.75) is 44.8 Å². The number of aryl methyl sites for hydroxylation is 2. The predicted octanol–water partition coefficient (Wildman–Crippen LogP) is 3.87. The Morgan fingerprint density at radius 3 is 2.64 bits per heavy atom. The van der Waals surface area contributed by atoms with Gasteiger partial charge in [-0.3, -0.25) is 0 Å². The summed E-state index contributed by atoms with van der Waals surface area (Å²) < 4.78 is 31.4. The Bertz CT molecular complexity index is 1300. The molecule has 3 heterocycles. The first-order valence-corrected chi connectivity index (χ1v) is 10.7. The van der Waals surface area contributed by atoms with Crippen LogP contribution in [0, 0.1) is 18.6 Å². The van der Waals surface area contributed by atoms with Crippen LogP contribution < -0.4 is 5.32 Å². The zero-order chi connectivity index (χ0) is 23.2. The number of benzene rings is 2.